The van der Waals surface area contributed by atoms with Gasteiger partial charge in [-0.3, -0.25) is 4.79 Å². The number of anilines is 1. The Kier molecular flexibility index (Phi) is 6.84. The van der Waals surface area contributed by atoms with Crippen LogP contribution in [0.2, 0.25) is 0 Å². The summed E-state index contributed by atoms with van der Waals surface area (Å²) in [6.45, 7) is 9.00. The van der Waals surface area contributed by atoms with Gasteiger partial charge >= 0.3 is 0 Å². The van der Waals surface area contributed by atoms with Crippen LogP contribution < -0.4 is 4.90 Å². The maximum atomic E-state index is 13.3. The van der Waals surface area contributed by atoms with Crippen LogP contribution in [0.4, 0.5) is 10.1 Å². The molecule has 3 nitrogen and oxygen atoms in total. The Morgan fingerprint density at radius 1 is 1.14 bits per heavy atom. The highest BCUT2D eigenvalue weighted by atomic mass is 19.1. The summed E-state index contributed by atoms with van der Waals surface area (Å²) in [7, 11) is 0. The molecule has 1 amide bonds. The van der Waals surface area contributed by atoms with Crippen molar-refractivity contribution < 1.29 is 9.18 Å². The van der Waals surface area contributed by atoms with E-state index in [9.17, 15) is 9.18 Å². The Morgan fingerprint density at radius 2 is 1.82 bits per heavy atom. The Bertz CT molecular complexity index is 779. The van der Waals surface area contributed by atoms with Gasteiger partial charge in [-0.1, -0.05) is 43.7 Å². The maximum absolute atomic E-state index is 13.3. The zero-order valence-electron chi connectivity index (χ0n) is 17.2. The molecule has 0 N–H and O–H groups in total. The van der Waals surface area contributed by atoms with Crippen molar-refractivity contribution >= 4 is 11.6 Å². The predicted octanol–water partition coefficient (Wildman–Crippen LogP) is 4.83. The van der Waals surface area contributed by atoms with E-state index in [1.54, 1.807) is 12.1 Å². The molecule has 1 heterocycles. The molecule has 3 rings (SSSR count). The van der Waals surface area contributed by atoms with E-state index in [2.05, 4.69) is 36.1 Å². The van der Waals surface area contributed by atoms with Gasteiger partial charge in [0.1, 0.15) is 5.82 Å². The highest BCUT2D eigenvalue weighted by Gasteiger charge is 2.30. The quantitative estimate of drug-likeness (QED) is 0.714. The van der Waals surface area contributed by atoms with Gasteiger partial charge in [-0.15, -0.1) is 0 Å². The van der Waals surface area contributed by atoms with E-state index >= 15 is 0 Å². The van der Waals surface area contributed by atoms with Crippen LogP contribution in [0.5, 0.6) is 0 Å². The molecule has 0 spiro atoms. The van der Waals surface area contributed by atoms with Gasteiger partial charge in [-0.25, -0.2) is 4.39 Å². The molecule has 0 atom stereocenters. The lowest BCUT2D eigenvalue weighted by Crippen LogP contribution is -2.49. The van der Waals surface area contributed by atoms with Crippen LogP contribution in [0, 0.1) is 18.7 Å². The lowest BCUT2D eigenvalue weighted by Gasteiger charge is -2.39. The molecule has 0 radical (unpaired) electrons. The van der Waals surface area contributed by atoms with Gasteiger partial charge in [0.15, 0.2) is 0 Å². The number of likely N-dealkylation sites (tertiary alicyclic amines) is 1. The zero-order chi connectivity index (χ0) is 20.1. The molecule has 0 aliphatic carbocycles. The smallest absolute Gasteiger partial charge is 0.229 e. The fourth-order valence-electron chi connectivity index (χ4n) is 3.95. The number of hydrogen-bond donors (Lipinski definition) is 0. The van der Waals surface area contributed by atoms with Crippen molar-refractivity contribution in [2.24, 2.45) is 5.92 Å². The summed E-state index contributed by atoms with van der Waals surface area (Å²) in [5, 5.41) is 0. The van der Waals surface area contributed by atoms with Gasteiger partial charge in [0, 0.05) is 37.3 Å². The second-order valence-corrected chi connectivity index (χ2v) is 8.15. The third-order valence-corrected chi connectivity index (χ3v) is 5.56. The molecule has 4 heteroatoms. The Balaban J connectivity index is 1.61. The van der Waals surface area contributed by atoms with E-state index in [1.165, 1.54) is 23.3 Å². The molecule has 0 bridgehead atoms. The second kappa shape index (κ2) is 9.33. The van der Waals surface area contributed by atoms with E-state index < -0.39 is 0 Å². The van der Waals surface area contributed by atoms with Crippen molar-refractivity contribution in [2.45, 2.75) is 46.1 Å². The standard InChI is InChI=1S/C24H31FN2O/c1-18(2)24(28)27(22-9-7-21(25)8-10-22)23-12-15-26(16-13-23)14-11-20-6-4-5-19(3)17-20/h4-10,17-18,23H,11-16H2,1-3H3. The molecule has 150 valence electrons. The first-order valence-corrected chi connectivity index (χ1v) is 10.3. The number of carbonyl (C=O) groups is 1. The highest BCUT2D eigenvalue weighted by Crippen LogP contribution is 2.26. The average Bonchev–Trinajstić information content (AvgIpc) is 2.69. The average molecular weight is 383 g/mol. The molecule has 2 aromatic carbocycles. The summed E-state index contributed by atoms with van der Waals surface area (Å²) in [4.78, 5) is 17.3. The maximum Gasteiger partial charge on any atom is 0.229 e. The van der Waals surface area contributed by atoms with Crippen LogP contribution in [0.1, 0.15) is 37.8 Å². The van der Waals surface area contributed by atoms with Crippen LogP contribution in [0.25, 0.3) is 0 Å². The van der Waals surface area contributed by atoms with Crippen molar-refractivity contribution in [3.63, 3.8) is 0 Å². The van der Waals surface area contributed by atoms with E-state index in [4.69, 9.17) is 0 Å². The third kappa shape index (κ3) is 5.20. The first-order valence-electron chi connectivity index (χ1n) is 10.3. The van der Waals surface area contributed by atoms with Crippen LogP contribution in [0.3, 0.4) is 0 Å². The van der Waals surface area contributed by atoms with E-state index in [0.717, 1.165) is 44.6 Å². The molecule has 1 fully saturated rings. The van der Waals surface area contributed by atoms with Gasteiger partial charge in [0.05, 0.1) is 0 Å². The van der Waals surface area contributed by atoms with Crippen LogP contribution >= 0.6 is 0 Å². The fourth-order valence-corrected chi connectivity index (χ4v) is 3.95. The Labute approximate surface area is 168 Å². The van der Waals surface area contributed by atoms with Gasteiger partial charge in [-0.2, -0.15) is 0 Å². The minimum atomic E-state index is -0.272. The molecule has 0 unspecified atom stereocenters. The van der Waals surface area contributed by atoms with E-state index in [1.807, 2.05) is 18.7 Å². The number of benzene rings is 2. The van der Waals surface area contributed by atoms with Crippen molar-refractivity contribution in [2.75, 3.05) is 24.5 Å². The number of rotatable bonds is 6. The van der Waals surface area contributed by atoms with Crippen molar-refractivity contribution in [1.29, 1.82) is 0 Å². The lowest BCUT2D eigenvalue weighted by atomic mass is 9.99. The molecule has 0 aromatic heterocycles. The lowest BCUT2D eigenvalue weighted by molar-refractivity contribution is -0.122. The summed E-state index contributed by atoms with van der Waals surface area (Å²) >= 11 is 0. The summed E-state index contributed by atoms with van der Waals surface area (Å²) < 4.78 is 13.3. The highest BCUT2D eigenvalue weighted by molar-refractivity contribution is 5.95. The molecule has 1 aliphatic rings. The van der Waals surface area contributed by atoms with Crippen molar-refractivity contribution in [3.8, 4) is 0 Å². The van der Waals surface area contributed by atoms with Gasteiger partial charge < -0.3 is 9.80 Å². The summed E-state index contributed by atoms with van der Waals surface area (Å²) in [5.41, 5.74) is 3.49. The number of piperidine rings is 1. The number of hydrogen-bond acceptors (Lipinski definition) is 2. The van der Waals surface area contributed by atoms with E-state index in [-0.39, 0.29) is 23.7 Å². The first-order chi connectivity index (χ1) is 13.4. The number of amides is 1. The van der Waals surface area contributed by atoms with Crippen molar-refractivity contribution in [3.05, 3.63) is 65.5 Å². The minimum Gasteiger partial charge on any atom is -0.309 e. The number of halogens is 1. The van der Waals surface area contributed by atoms with E-state index in [0.29, 0.717) is 0 Å². The number of nitrogens with zero attached hydrogens (tertiary/aromatic N) is 2. The van der Waals surface area contributed by atoms with Gasteiger partial charge in [-0.05, 0) is 56.0 Å². The van der Waals surface area contributed by atoms with Gasteiger partial charge in [0.25, 0.3) is 0 Å². The largest absolute Gasteiger partial charge is 0.309 e. The molecule has 1 aliphatic heterocycles. The molecular formula is C24H31FN2O. The summed E-state index contributed by atoms with van der Waals surface area (Å²) in [6.07, 6.45) is 2.95. The molecule has 1 saturated heterocycles. The predicted molar refractivity (Wildman–Crippen MR) is 113 cm³/mol. The summed E-state index contributed by atoms with van der Waals surface area (Å²) in [5.74, 6) is -0.235. The minimum absolute atomic E-state index is 0.0793. The monoisotopic (exact) mass is 382 g/mol. The van der Waals surface area contributed by atoms with Gasteiger partial charge in [0.2, 0.25) is 5.91 Å². The van der Waals surface area contributed by atoms with Crippen molar-refractivity contribution in [1.82, 2.24) is 4.90 Å². The number of carbonyl (C=O) groups excluding carboxylic acids is 1. The first kappa shape index (κ1) is 20.5. The Morgan fingerprint density at radius 3 is 2.43 bits per heavy atom. The fraction of sp³-hybridized carbons (Fsp3) is 0.458. The zero-order valence-corrected chi connectivity index (χ0v) is 17.2. The SMILES string of the molecule is Cc1cccc(CCN2CCC(N(C(=O)C(C)C)c3ccc(F)cc3)CC2)c1. The second-order valence-electron chi connectivity index (χ2n) is 8.15. The number of aryl methyl sites for hydroxylation is 1. The molecule has 0 saturated carbocycles. The third-order valence-electron chi connectivity index (χ3n) is 5.56. The topological polar surface area (TPSA) is 23.6 Å². The van der Waals surface area contributed by atoms with Crippen LogP contribution in [0.15, 0.2) is 48.5 Å². The summed E-state index contributed by atoms with van der Waals surface area (Å²) in [6, 6.07) is 15.2. The normalized spacial score (nSPS) is 15.8. The van der Waals surface area contributed by atoms with Crippen LogP contribution in [-0.2, 0) is 11.2 Å². The van der Waals surface area contributed by atoms with Crippen LogP contribution in [-0.4, -0.2) is 36.5 Å². The molecular weight excluding hydrogens is 351 g/mol. The Hall–Kier alpha value is -2.20. The molecule has 28 heavy (non-hydrogen) atoms. The molecule has 2 aromatic rings.